The lowest BCUT2D eigenvalue weighted by atomic mass is 9.36. The van der Waals surface area contributed by atoms with Crippen LogP contribution in [0.5, 0.6) is 0 Å². The van der Waals surface area contributed by atoms with Gasteiger partial charge in [-0.1, -0.05) is 120 Å². The smallest absolute Gasteiger partial charge is 0.264 e. The van der Waals surface area contributed by atoms with Crippen molar-refractivity contribution in [1.82, 2.24) is 0 Å². The fourth-order valence-electron chi connectivity index (χ4n) is 10.0. The van der Waals surface area contributed by atoms with E-state index in [-0.39, 0.29) is 6.71 Å². The van der Waals surface area contributed by atoms with Crippen LogP contribution in [0.1, 0.15) is 22.3 Å². The van der Waals surface area contributed by atoms with Crippen molar-refractivity contribution in [3.05, 3.63) is 186 Å². The molecule has 9 aromatic carbocycles. The van der Waals surface area contributed by atoms with Gasteiger partial charge < -0.3 is 9.80 Å². The summed E-state index contributed by atoms with van der Waals surface area (Å²) in [5, 5.41) is 9.11. The number of rotatable bonds is 3. The standard InChI is InChI=1S/C54H39BN2S/c1-32-16-22-37(23-17-32)57-50-15-9-14-49-52(50)55(54-53(57)46-28-33(2)19-27-51(46)58-54)47-29-34(3)18-26-48(47)56(49)38-24-20-35(4)44(31-38)36-21-25-43-41-12-6-5-10-39(41)40-11-7-8-13-42(40)45(43)30-36/h5-31H,1-4H3. The summed E-state index contributed by atoms with van der Waals surface area (Å²) in [6.45, 7) is 8.98. The summed E-state index contributed by atoms with van der Waals surface area (Å²) in [4.78, 5) is 5.08. The van der Waals surface area contributed by atoms with Crippen molar-refractivity contribution in [2.24, 2.45) is 0 Å². The van der Waals surface area contributed by atoms with Crippen LogP contribution in [0.25, 0.3) is 53.5 Å². The van der Waals surface area contributed by atoms with Crippen LogP contribution in [0.4, 0.5) is 34.1 Å². The van der Waals surface area contributed by atoms with E-state index in [2.05, 4.69) is 201 Å². The molecule has 1 aromatic heterocycles. The molecule has 0 spiro atoms. The number of anilines is 6. The van der Waals surface area contributed by atoms with E-state index in [1.54, 1.807) is 0 Å². The molecule has 2 nitrogen and oxygen atoms in total. The molecular weight excluding hydrogens is 719 g/mol. The van der Waals surface area contributed by atoms with Crippen LogP contribution in [0, 0.1) is 27.7 Å². The zero-order valence-electron chi connectivity index (χ0n) is 33.0. The van der Waals surface area contributed by atoms with Crippen LogP contribution in [0.15, 0.2) is 164 Å². The Balaban J connectivity index is 1.09. The summed E-state index contributed by atoms with van der Waals surface area (Å²) in [5.74, 6) is 0. The average Bonchev–Trinajstić information content (AvgIpc) is 3.62. The fourth-order valence-corrected chi connectivity index (χ4v) is 11.3. The molecule has 10 aromatic rings. The lowest BCUT2D eigenvalue weighted by molar-refractivity contribution is 1.25. The van der Waals surface area contributed by atoms with Crippen LogP contribution >= 0.6 is 11.3 Å². The largest absolute Gasteiger partial charge is 0.311 e. The normalized spacial score (nSPS) is 13.1. The first-order valence-electron chi connectivity index (χ1n) is 20.3. The Bertz CT molecular complexity index is 3320. The van der Waals surface area contributed by atoms with Gasteiger partial charge >= 0.3 is 0 Å². The van der Waals surface area contributed by atoms with Gasteiger partial charge in [-0.05, 0) is 148 Å². The maximum absolute atomic E-state index is 2.55. The highest BCUT2D eigenvalue weighted by Gasteiger charge is 2.45. The molecule has 0 saturated carbocycles. The lowest BCUT2D eigenvalue weighted by Gasteiger charge is -2.43. The first-order chi connectivity index (χ1) is 28.4. The van der Waals surface area contributed by atoms with Gasteiger partial charge in [0.1, 0.15) is 0 Å². The summed E-state index contributed by atoms with van der Waals surface area (Å²) in [6, 6.07) is 61.9. The Morgan fingerprint density at radius 2 is 1.05 bits per heavy atom. The van der Waals surface area contributed by atoms with Gasteiger partial charge in [-0.25, -0.2) is 0 Å². The van der Waals surface area contributed by atoms with Crippen molar-refractivity contribution in [2.45, 2.75) is 27.7 Å². The molecular formula is C54H39BN2S. The zero-order chi connectivity index (χ0) is 38.8. The summed E-state index contributed by atoms with van der Waals surface area (Å²) in [7, 11) is 0. The van der Waals surface area contributed by atoms with Gasteiger partial charge in [0, 0.05) is 43.3 Å². The van der Waals surface area contributed by atoms with Gasteiger partial charge in [0.25, 0.3) is 6.71 Å². The second kappa shape index (κ2) is 12.4. The second-order valence-electron chi connectivity index (χ2n) is 16.4. The first-order valence-corrected chi connectivity index (χ1v) is 21.1. The minimum Gasteiger partial charge on any atom is -0.311 e. The molecule has 0 amide bonds. The van der Waals surface area contributed by atoms with Crippen molar-refractivity contribution in [2.75, 3.05) is 9.80 Å². The third-order valence-corrected chi connectivity index (χ3v) is 13.9. The molecule has 274 valence electrons. The molecule has 0 unspecified atom stereocenters. The average molecular weight is 759 g/mol. The van der Waals surface area contributed by atoms with E-state index in [0.717, 1.165) is 0 Å². The van der Waals surface area contributed by atoms with Crippen molar-refractivity contribution in [1.29, 1.82) is 0 Å². The van der Waals surface area contributed by atoms with E-state index >= 15 is 0 Å². The van der Waals surface area contributed by atoms with E-state index in [0.29, 0.717) is 0 Å². The molecule has 3 heterocycles. The van der Waals surface area contributed by atoms with Gasteiger partial charge in [0.05, 0.1) is 5.69 Å². The third kappa shape index (κ3) is 4.79. The maximum atomic E-state index is 2.55. The van der Waals surface area contributed by atoms with Crippen molar-refractivity contribution >= 4 is 110 Å². The number of benzene rings is 9. The van der Waals surface area contributed by atoms with Crippen LogP contribution in [0.2, 0.25) is 0 Å². The van der Waals surface area contributed by atoms with Gasteiger partial charge in [0.2, 0.25) is 0 Å². The molecule has 2 aliphatic heterocycles. The lowest BCUT2D eigenvalue weighted by Crippen LogP contribution is -2.60. The minimum atomic E-state index is 0.111. The number of fused-ring (bicyclic) bond motifs is 12. The van der Waals surface area contributed by atoms with E-state index in [1.807, 2.05) is 11.3 Å². The molecule has 0 N–H and O–H groups in total. The molecule has 0 bridgehead atoms. The molecule has 0 aliphatic carbocycles. The summed E-state index contributed by atoms with van der Waals surface area (Å²) >= 11 is 1.96. The molecule has 4 heteroatoms. The Hall–Kier alpha value is -6.62. The fraction of sp³-hybridized carbons (Fsp3) is 0.0741. The molecule has 12 rings (SSSR count). The number of nitrogens with zero attached hydrogens (tertiary/aromatic N) is 2. The van der Waals surface area contributed by atoms with Gasteiger partial charge in [-0.2, -0.15) is 0 Å². The van der Waals surface area contributed by atoms with Crippen molar-refractivity contribution in [3.63, 3.8) is 0 Å². The quantitative estimate of drug-likeness (QED) is 0.131. The molecule has 0 radical (unpaired) electrons. The zero-order valence-corrected chi connectivity index (χ0v) is 33.8. The monoisotopic (exact) mass is 758 g/mol. The highest BCUT2D eigenvalue weighted by Crippen LogP contribution is 2.48. The van der Waals surface area contributed by atoms with E-state index in [1.165, 1.54) is 126 Å². The van der Waals surface area contributed by atoms with Crippen LogP contribution < -0.4 is 25.5 Å². The predicted molar refractivity (Wildman–Crippen MR) is 253 cm³/mol. The Kier molecular flexibility index (Phi) is 7.19. The summed E-state index contributed by atoms with van der Waals surface area (Å²) in [6.07, 6.45) is 0. The Morgan fingerprint density at radius 1 is 0.431 bits per heavy atom. The molecule has 0 atom stereocenters. The third-order valence-electron chi connectivity index (χ3n) is 12.7. The van der Waals surface area contributed by atoms with E-state index in [9.17, 15) is 0 Å². The Morgan fingerprint density at radius 3 is 1.79 bits per heavy atom. The predicted octanol–water partition coefficient (Wildman–Crippen LogP) is 13.3. The molecule has 0 saturated heterocycles. The van der Waals surface area contributed by atoms with Crippen molar-refractivity contribution in [3.8, 4) is 11.1 Å². The highest BCUT2D eigenvalue weighted by molar-refractivity contribution is 7.33. The molecule has 0 fully saturated rings. The first kappa shape index (κ1) is 33.5. The van der Waals surface area contributed by atoms with Crippen LogP contribution in [-0.4, -0.2) is 6.71 Å². The van der Waals surface area contributed by atoms with E-state index in [4.69, 9.17) is 0 Å². The Labute approximate surface area is 343 Å². The maximum Gasteiger partial charge on any atom is 0.264 e. The minimum absolute atomic E-state index is 0.111. The SMILES string of the molecule is Cc1ccc(N2c3cccc4c3B(c3cc(C)ccc3N4c3ccc(C)c(-c4ccc5c6ccccc6c6ccccc6c5c4)c3)c3sc4ccc(C)cc4c32)cc1. The van der Waals surface area contributed by atoms with Gasteiger partial charge in [0.15, 0.2) is 0 Å². The number of aryl methyl sites for hydroxylation is 4. The van der Waals surface area contributed by atoms with Crippen LogP contribution in [-0.2, 0) is 0 Å². The molecule has 58 heavy (non-hydrogen) atoms. The van der Waals surface area contributed by atoms with Crippen molar-refractivity contribution < 1.29 is 0 Å². The number of hydrogen-bond acceptors (Lipinski definition) is 3. The van der Waals surface area contributed by atoms with E-state index < -0.39 is 0 Å². The number of hydrogen-bond donors (Lipinski definition) is 0. The second-order valence-corrected chi connectivity index (χ2v) is 17.5. The van der Waals surface area contributed by atoms with Crippen LogP contribution in [0.3, 0.4) is 0 Å². The summed E-state index contributed by atoms with van der Waals surface area (Å²) < 4.78 is 2.74. The highest BCUT2D eigenvalue weighted by atomic mass is 32.1. The topological polar surface area (TPSA) is 6.48 Å². The number of thiophene rings is 1. The van der Waals surface area contributed by atoms with Gasteiger partial charge in [-0.15, -0.1) is 11.3 Å². The summed E-state index contributed by atoms with van der Waals surface area (Å²) in [5.41, 5.74) is 17.7. The molecule has 2 aliphatic rings. The van der Waals surface area contributed by atoms with Gasteiger partial charge in [-0.3, -0.25) is 0 Å².